The van der Waals surface area contributed by atoms with E-state index in [0.29, 0.717) is 6.04 Å². The Morgan fingerprint density at radius 1 is 0.968 bits per heavy atom. The van der Waals surface area contributed by atoms with E-state index in [9.17, 15) is 4.39 Å². The summed E-state index contributed by atoms with van der Waals surface area (Å²) in [5, 5.41) is 0. The highest BCUT2D eigenvalue weighted by Crippen LogP contribution is 2.39. The summed E-state index contributed by atoms with van der Waals surface area (Å²) in [4.78, 5) is 11.6. The van der Waals surface area contributed by atoms with Gasteiger partial charge in [-0.05, 0) is 55.4 Å². The molecule has 0 fully saturated rings. The zero-order valence-electron chi connectivity index (χ0n) is 17.6. The first-order valence-corrected chi connectivity index (χ1v) is 10.7. The van der Waals surface area contributed by atoms with Crippen molar-refractivity contribution in [2.75, 3.05) is 13.6 Å². The molecule has 3 heterocycles. The Labute approximate surface area is 182 Å². The summed E-state index contributed by atoms with van der Waals surface area (Å²) < 4.78 is 15.9. The first-order chi connectivity index (χ1) is 15.2. The van der Waals surface area contributed by atoms with Gasteiger partial charge in [-0.3, -0.25) is 4.98 Å². The quantitative estimate of drug-likeness (QED) is 0.427. The van der Waals surface area contributed by atoms with Crippen molar-refractivity contribution in [3.05, 3.63) is 96.3 Å². The van der Waals surface area contributed by atoms with Crippen LogP contribution in [0.3, 0.4) is 0 Å². The molecule has 2 aromatic heterocycles. The summed E-state index contributed by atoms with van der Waals surface area (Å²) in [5.74, 6) is 0.866. The van der Waals surface area contributed by atoms with Gasteiger partial charge in [-0.25, -0.2) is 9.37 Å². The summed E-state index contributed by atoms with van der Waals surface area (Å²) >= 11 is 0. The van der Waals surface area contributed by atoms with Crippen molar-refractivity contribution in [1.82, 2.24) is 19.4 Å². The Hall–Kier alpha value is -3.31. The Morgan fingerprint density at radius 3 is 2.45 bits per heavy atom. The Morgan fingerprint density at radius 2 is 1.71 bits per heavy atom. The third kappa shape index (κ3) is 4.01. The van der Waals surface area contributed by atoms with Crippen molar-refractivity contribution < 1.29 is 4.39 Å². The number of imidazole rings is 1. The number of pyridine rings is 1. The minimum absolute atomic E-state index is 0.235. The highest BCUT2D eigenvalue weighted by Gasteiger charge is 2.30. The molecule has 0 N–H and O–H groups in total. The predicted octanol–water partition coefficient (Wildman–Crippen LogP) is 5.37. The molecule has 0 saturated carbocycles. The van der Waals surface area contributed by atoms with Crippen molar-refractivity contribution in [2.24, 2.45) is 0 Å². The van der Waals surface area contributed by atoms with Gasteiger partial charge in [-0.2, -0.15) is 0 Å². The first kappa shape index (κ1) is 19.6. The van der Waals surface area contributed by atoms with Crippen molar-refractivity contribution in [3.8, 4) is 22.5 Å². The average molecular weight is 413 g/mol. The topological polar surface area (TPSA) is 34.0 Å². The second-order valence-electron chi connectivity index (χ2n) is 8.21. The van der Waals surface area contributed by atoms with Crippen LogP contribution >= 0.6 is 0 Å². The maximum atomic E-state index is 13.5. The van der Waals surface area contributed by atoms with E-state index in [1.807, 2.05) is 36.7 Å². The fourth-order valence-electron chi connectivity index (χ4n) is 4.56. The molecular formula is C26H25FN4. The summed E-state index contributed by atoms with van der Waals surface area (Å²) in [5.41, 5.74) is 5.35. The zero-order valence-corrected chi connectivity index (χ0v) is 17.6. The molecule has 4 aromatic rings. The number of rotatable bonds is 6. The average Bonchev–Trinajstić information content (AvgIpc) is 3.35. The molecule has 1 aliphatic rings. The number of aromatic nitrogens is 3. The van der Waals surface area contributed by atoms with E-state index >= 15 is 0 Å². The smallest absolute Gasteiger partial charge is 0.123 e. The van der Waals surface area contributed by atoms with E-state index in [1.165, 1.54) is 17.7 Å². The fourth-order valence-corrected chi connectivity index (χ4v) is 4.56. The summed E-state index contributed by atoms with van der Waals surface area (Å²) in [6.45, 7) is 1.86. The standard InChI is InChI=1S/C26H25FN4/c1-30(17-19-5-3-2-4-6-19)18-23-11-12-24-29-25(20-7-9-22(27)10-8-20)26(31(23)24)21-13-15-28-16-14-21/h2-10,13-16,23H,11-12,17-18H2,1H3/t23-/m0/s1. The third-order valence-corrected chi connectivity index (χ3v) is 5.94. The molecule has 2 aromatic carbocycles. The van der Waals surface area contributed by atoms with Crippen LogP contribution in [0.25, 0.3) is 22.5 Å². The molecule has 0 aliphatic carbocycles. The summed E-state index contributed by atoms with van der Waals surface area (Å²) in [7, 11) is 2.18. The van der Waals surface area contributed by atoms with Crippen LogP contribution in [0, 0.1) is 5.82 Å². The van der Waals surface area contributed by atoms with Crippen LogP contribution in [0.5, 0.6) is 0 Å². The molecule has 0 saturated heterocycles. The van der Waals surface area contributed by atoms with Crippen molar-refractivity contribution >= 4 is 0 Å². The third-order valence-electron chi connectivity index (χ3n) is 5.94. The van der Waals surface area contributed by atoms with Crippen LogP contribution in [0.2, 0.25) is 0 Å². The highest BCUT2D eigenvalue weighted by atomic mass is 19.1. The molecule has 5 heteroatoms. The molecule has 5 rings (SSSR count). The van der Waals surface area contributed by atoms with E-state index in [0.717, 1.165) is 54.3 Å². The molecule has 31 heavy (non-hydrogen) atoms. The number of aryl methyl sites for hydroxylation is 1. The number of nitrogens with zero attached hydrogens (tertiary/aromatic N) is 4. The van der Waals surface area contributed by atoms with Gasteiger partial charge in [-0.15, -0.1) is 0 Å². The van der Waals surface area contributed by atoms with E-state index in [-0.39, 0.29) is 5.82 Å². The largest absolute Gasteiger partial charge is 0.323 e. The molecular weight excluding hydrogens is 387 g/mol. The summed E-state index contributed by atoms with van der Waals surface area (Å²) in [6, 6.07) is 21.6. The lowest BCUT2D eigenvalue weighted by atomic mass is 10.0. The molecule has 4 nitrogen and oxygen atoms in total. The van der Waals surface area contributed by atoms with Gasteiger partial charge in [0.25, 0.3) is 0 Å². The van der Waals surface area contributed by atoms with Gasteiger partial charge < -0.3 is 9.47 Å². The molecule has 1 atom stereocenters. The lowest BCUT2D eigenvalue weighted by molar-refractivity contribution is 0.274. The number of likely N-dealkylation sites (N-methyl/N-ethyl adjacent to an activating group) is 1. The number of halogens is 1. The minimum Gasteiger partial charge on any atom is -0.323 e. The van der Waals surface area contributed by atoms with Crippen LogP contribution in [-0.4, -0.2) is 33.0 Å². The summed E-state index contributed by atoms with van der Waals surface area (Å²) in [6.07, 6.45) is 5.65. The Bertz CT molecular complexity index is 1150. The number of benzene rings is 2. The minimum atomic E-state index is -0.235. The van der Waals surface area contributed by atoms with Crippen molar-refractivity contribution in [2.45, 2.75) is 25.4 Å². The van der Waals surface area contributed by atoms with E-state index < -0.39 is 0 Å². The fraction of sp³-hybridized carbons (Fsp3) is 0.231. The predicted molar refractivity (Wildman–Crippen MR) is 121 cm³/mol. The maximum Gasteiger partial charge on any atom is 0.123 e. The van der Waals surface area contributed by atoms with Crippen LogP contribution in [0.4, 0.5) is 4.39 Å². The van der Waals surface area contributed by atoms with Crippen LogP contribution in [-0.2, 0) is 13.0 Å². The Balaban J connectivity index is 1.51. The van der Waals surface area contributed by atoms with Gasteiger partial charge in [0.15, 0.2) is 0 Å². The Kier molecular flexibility index (Phi) is 5.35. The number of hydrogen-bond donors (Lipinski definition) is 0. The number of hydrogen-bond acceptors (Lipinski definition) is 3. The van der Waals surface area contributed by atoms with Gasteiger partial charge in [0.2, 0.25) is 0 Å². The van der Waals surface area contributed by atoms with E-state index in [2.05, 4.69) is 51.8 Å². The van der Waals surface area contributed by atoms with E-state index in [1.54, 1.807) is 0 Å². The molecule has 0 bridgehead atoms. The molecule has 156 valence electrons. The van der Waals surface area contributed by atoms with Gasteiger partial charge in [0, 0.05) is 49.1 Å². The van der Waals surface area contributed by atoms with Gasteiger partial charge in [0.1, 0.15) is 11.6 Å². The lowest BCUT2D eigenvalue weighted by Crippen LogP contribution is -2.26. The molecule has 0 spiro atoms. The second kappa shape index (κ2) is 8.44. The SMILES string of the molecule is CN(Cc1ccccc1)C[C@@H]1CCc2nc(-c3ccc(F)cc3)c(-c3ccncc3)n21. The normalized spacial score (nSPS) is 15.4. The van der Waals surface area contributed by atoms with Gasteiger partial charge in [-0.1, -0.05) is 30.3 Å². The van der Waals surface area contributed by atoms with E-state index in [4.69, 9.17) is 4.98 Å². The maximum absolute atomic E-state index is 13.5. The monoisotopic (exact) mass is 412 g/mol. The lowest BCUT2D eigenvalue weighted by Gasteiger charge is -2.24. The number of fused-ring (bicyclic) bond motifs is 1. The molecule has 1 aliphatic heterocycles. The first-order valence-electron chi connectivity index (χ1n) is 10.7. The van der Waals surface area contributed by atoms with Crippen LogP contribution in [0.1, 0.15) is 23.9 Å². The molecule has 0 amide bonds. The van der Waals surface area contributed by atoms with Crippen LogP contribution in [0.15, 0.2) is 79.1 Å². The zero-order chi connectivity index (χ0) is 21.2. The molecule has 0 radical (unpaired) electrons. The van der Waals surface area contributed by atoms with Crippen molar-refractivity contribution in [1.29, 1.82) is 0 Å². The second-order valence-corrected chi connectivity index (χ2v) is 8.21. The van der Waals surface area contributed by atoms with Gasteiger partial charge >= 0.3 is 0 Å². The molecule has 0 unspecified atom stereocenters. The highest BCUT2D eigenvalue weighted by molar-refractivity contribution is 5.79. The van der Waals surface area contributed by atoms with Crippen LogP contribution < -0.4 is 0 Å². The van der Waals surface area contributed by atoms with Gasteiger partial charge in [0.05, 0.1) is 11.4 Å². The van der Waals surface area contributed by atoms with Crippen molar-refractivity contribution in [3.63, 3.8) is 0 Å².